The van der Waals surface area contributed by atoms with Gasteiger partial charge in [0.2, 0.25) is 0 Å². The van der Waals surface area contributed by atoms with Crippen molar-refractivity contribution in [2.75, 3.05) is 0 Å². The summed E-state index contributed by atoms with van der Waals surface area (Å²) in [6.07, 6.45) is 4.65. The lowest BCUT2D eigenvalue weighted by Gasteiger charge is -2.27. The molecule has 1 saturated carbocycles. The van der Waals surface area contributed by atoms with E-state index in [-0.39, 0.29) is 5.41 Å². The van der Waals surface area contributed by atoms with Gasteiger partial charge in [0.15, 0.2) is 17.5 Å². The van der Waals surface area contributed by atoms with Gasteiger partial charge >= 0.3 is 0 Å². The first kappa shape index (κ1) is 27.4. The zero-order valence-corrected chi connectivity index (χ0v) is 25.8. The van der Waals surface area contributed by atoms with E-state index in [2.05, 4.69) is 103 Å². The summed E-state index contributed by atoms with van der Waals surface area (Å²) in [7, 11) is 0. The van der Waals surface area contributed by atoms with Gasteiger partial charge in [-0.15, -0.1) is 0 Å². The molecule has 2 aliphatic carbocycles. The number of fused-ring (bicyclic) bond motifs is 6. The molecule has 1 heterocycles. The van der Waals surface area contributed by atoms with Crippen LogP contribution < -0.4 is 0 Å². The van der Waals surface area contributed by atoms with Gasteiger partial charge in [0, 0.05) is 22.1 Å². The number of hydrogen-bond acceptors (Lipinski definition) is 4. The van der Waals surface area contributed by atoms with E-state index in [0.717, 1.165) is 46.0 Å². The third-order valence-electron chi connectivity index (χ3n) is 10.1. The summed E-state index contributed by atoms with van der Waals surface area (Å²) in [6, 6.07) is 48.9. The predicted octanol–water partition coefficient (Wildman–Crippen LogP) is 10.4. The van der Waals surface area contributed by atoms with Gasteiger partial charge in [-0.1, -0.05) is 116 Å². The highest BCUT2D eigenvalue weighted by atomic mass is 15.0. The lowest BCUT2D eigenvalue weighted by atomic mass is 9.76. The number of aromatic nitrogens is 3. The van der Waals surface area contributed by atoms with Crippen molar-refractivity contribution in [1.29, 1.82) is 5.26 Å². The van der Waals surface area contributed by atoms with E-state index in [0.29, 0.717) is 17.5 Å². The maximum absolute atomic E-state index is 9.67. The zero-order chi connectivity index (χ0) is 31.4. The van der Waals surface area contributed by atoms with Gasteiger partial charge in [-0.25, -0.2) is 15.0 Å². The van der Waals surface area contributed by atoms with E-state index in [9.17, 15) is 5.26 Å². The molecule has 7 aromatic rings. The van der Waals surface area contributed by atoms with Crippen LogP contribution in [0.25, 0.3) is 67.2 Å². The van der Waals surface area contributed by atoms with E-state index in [4.69, 9.17) is 15.0 Å². The van der Waals surface area contributed by atoms with Crippen LogP contribution in [0.1, 0.15) is 42.4 Å². The number of rotatable bonds is 4. The highest BCUT2D eigenvalue weighted by molar-refractivity contribution is 5.87. The molecule has 0 aliphatic heterocycles. The van der Waals surface area contributed by atoms with Gasteiger partial charge in [-0.2, -0.15) is 5.26 Å². The minimum atomic E-state index is -0.0152. The maximum Gasteiger partial charge on any atom is 0.164 e. The first-order valence-corrected chi connectivity index (χ1v) is 16.3. The summed E-state index contributed by atoms with van der Waals surface area (Å²) in [5.41, 5.74) is 11.2. The standard InChI is InChI=1S/C43H30N4/c44-27-28-15-19-36-37-20-18-33(26-39(37)43(38(36)23-28)21-6-7-22-43)32-13-8-14-34(25-32)41-45-40(30-10-2-1-3-11-30)46-42(47-41)35-17-16-29-9-4-5-12-31(29)24-35/h1-5,8-20,23-26H,6-7,21-22H2. The second-order valence-electron chi connectivity index (χ2n) is 12.7. The Morgan fingerprint density at radius 3 is 1.81 bits per heavy atom. The highest BCUT2D eigenvalue weighted by Gasteiger charge is 2.45. The van der Waals surface area contributed by atoms with Crippen LogP contribution in [0.15, 0.2) is 133 Å². The minimum absolute atomic E-state index is 0.0152. The van der Waals surface area contributed by atoms with Crippen LogP contribution in [0.4, 0.5) is 0 Å². The third-order valence-corrected chi connectivity index (χ3v) is 10.1. The van der Waals surface area contributed by atoms with Crippen molar-refractivity contribution in [3.05, 3.63) is 150 Å². The summed E-state index contributed by atoms with van der Waals surface area (Å²) in [6.45, 7) is 0. The largest absolute Gasteiger partial charge is 0.208 e. The minimum Gasteiger partial charge on any atom is -0.208 e. The Kier molecular flexibility index (Phi) is 6.33. The van der Waals surface area contributed by atoms with Crippen LogP contribution in [0.3, 0.4) is 0 Å². The molecule has 222 valence electrons. The maximum atomic E-state index is 9.67. The normalized spacial score (nSPS) is 14.2. The summed E-state index contributed by atoms with van der Waals surface area (Å²) in [5, 5.41) is 12.0. The molecule has 1 aromatic heterocycles. The first-order valence-electron chi connectivity index (χ1n) is 16.3. The zero-order valence-electron chi connectivity index (χ0n) is 25.8. The Balaban J connectivity index is 1.16. The fourth-order valence-corrected chi connectivity index (χ4v) is 7.78. The number of hydrogen-bond donors (Lipinski definition) is 0. The SMILES string of the molecule is N#Cc1ccc2c(c1)C1(CCCC1)c1cc(-c3cccc(-c4nc(-c5ccccc5)nc(-c5ccc6ccccc6c5)n4)c3)ccc1-2. The van der Waals surface area contributed by atoms with Crippen molar-refractivity contribution >= 4 is 10.8 Å². The molecule has 1 fully saturated rings. The Morgan fingerprint density at radius 1 is 0.468 bits per heavy atom. The van der Waals surface area contributed by atoms with Crippen LogP contribution >= 0.6 is 0 Å². The lowest BCUT2D eigenvalue weighted by molar-refractivity contribution is 0.550. The van der Waals surface area contributed by atoms with Gasteiger partial charge in [0.1, 0.15) is 0 Å². The van der Waals surface area contributed by atoms with Crippen molar-refractivity contribution in [3.63, 3.8) is 0 Å². The fourth-order valence-electron chi connectivity index (χ4n) is 7.78. The van der Waals surface area contributed by atoms with E-state index >= 15 is 0 Å². The predicted molar refractivity (Wildman–Crippen MR) is 188 cm³/mol. The van der Waals surface area contributed by atoms with Crippen LogP contribution in [0, 0.1) is 11.3 Å². The molecule has 0 unspecified atom stereocenters. The number of nitriles is 1. The Bertz CT molecular complexity index is 2380. The summed E-state index contributed by atoms with van der Waals surface area (Å²) in [4.78, 5) is 15.0. The smallest absolute Gasteiger partial charge is 0.164 e. The quantitative estimate of drug-likeness (QED) is 0.201. The average Bonchev–Trinajstić information content (AvgIpc) is 3.75. The number of benzene rings is 6. The molecular weight excluding hydrogens is 573 g/mol. The average molecular weight is 603 g/mol. The molecule has 0 saturated heterocycles. The van der Waals surface area contributed by atoms with Gasteiger partial charge in [0.05, 0.1) is 11.6 Å². The van der Waals surface area contributed by atoms with E-state index in [1.54, 1.807) is 0 Å². The fraction of sp³-hybridized carbons (Fsp3) is 0.116. The van der Waals surface area contributed by atoms with Gasteiger partial charge < -0.3 is 0 Å². The third kappa shape index (κ3) is 4.55. The van der Waals surface area contributed by atoms with Crippen molar-refractivity contribution in [1.82, 2.24) is 15.0 Å². The molecule has 47 heavy (non-hydrogen) atoms. The van der Waals surface area contributed by atoms with Crippen molar-refractivity contribution in [3.8, 4) is 62.5 Å². The van der Waals surface area contributed by atoms with Gasteiger partial charge in [0.25, 0.3) is 0 Å². The molecule has 0 atom stereocenters. The molecule has 1 spiro atoms. The van der Waals surface area contributed by atoms with Crippen LogP contribution in [0.2, 0.25) is 0 Å². The van der Waals surface area contributed by atoms with Crippen LogP contribution in [0.5, 0.6) is 0 Å². The first-order chi connectivity index (χ1) is 23.2. The molecule has 4 nitrogen and oxygen atoms in total. The molecule has 0 bridgehead atoms. The Hall–Kier alpha value is -5.92. The van der Waals surface area contributed by atoms with Crippen molar-refractivity contribution in [2.45, 2.75) is 31.1 Å². The molecule has 9 rings (SSSR count). The van der Waals surface area contributed by atoms with Crippen LogP contribution in [-0.2, 0) is 5.41 Å². The van der Waals surface area contributed by atoms with Crippen LogP contribution in [-0.4, -0.2) is 15.0 Å². The number of nitrogens with zero attached hydrogens (tertiary/aromatic N) is 4. The summed E-state index contributed by atoms with van der Waals surface area (Å²) >= 11 is 0. The molecule has 0 N–H and O–H groups in total. The highest BCUT2D eigenvalue weighted by Crippen LogP contribution is 2.57. The molecule has 0 radical (unpaired) electrons. The lowest BCUT2D eigenvalue weighted by Crippen LogP contribution is -2.20. The van der Waals surface area contributed by atoms with Gasteiger partial charge in [-0.05, 0) is 87.3 Å². The molecule has 0 amide bonds. The summed E-state index contributed by atoms with van der Waals surface area (Å²) in [5.74, 6) is 1.95. The van der Waals surface area contributed by atoms with E-state index < -0.39 is 0 Å². The molecule has 2 aliphatic rings. The Morgan fingerprint density at radius 2 is 1.04 bits per heavy atom. The topological polar surface area (TPSA) is 62.5 Å². The summed E-state index contributed by atoms with van der Waals surface area (Å²) < 4.78 is 0. The monoisotopic (exact) mass is 602 g/mol. The second-order valence-corrected chi connectivity index (χ2v) is 12.7. The van der Waals surface area contributed by atoms with Crippen molar-refractivity contribution in [2.24, 2.45) is 0 Å². The molecule has 4 heteroatoms. The van der Waals surface area contributed by atoms with Gasteiger partial charge in [-0.3, -0.25) is 0 Å². The molecule has 6 aromatic carbocycles. The van der Waals surface area contributed by atoms with E-state index in [1.807, 2.05) is 36.4 Å². The van der Waals surface area contributed by atoms with E-state index in [1.165, 1.54) is 46.0 Å². The molecular formula is C43H30N4. The second kappa shape index (κ2) is 10.9. The van der Waals surface area contributed by atoms with Crippen molar-refractivity contribution < 1.29 is 0 Å². The Labute approximate surface area is 274 Å².